The molecule has 2 aromatic carbocycles. The molecule has 0 aromatic heterocycles. The fourth-order valence-corrected chi connectivity index (χ4v) is 4.57. The first-order chi connectivity index (χ1) is 13.3. The van der Waals surface area contributed by atoms with Crippen LogP contribution in [0, 0.1) is 0 Å². The van der Waals surface area contributed by atoms with Crippen molar-refractivity contribution in [3.05, 3.63) is 52.5 Å². The van der Waals surface area contributed by atoms with Gasteiger partial charge in [0.05, 0.1) is 14.9 Å². The lowest BCUT2D eigenvalue weighted by Gasteiger charge is -2.13. The fourth-order valence-electron chi connectivity index (χ4n) is 2.97. The second kappa shape index (κ2) is 9.13. The minimum atomic E-state index is -3.55. The number of sulfonamides is 1. The van der Waals surface area contributed by atoms with Gasteiger partial charge in [0.1, 0.15) is 5.75 Å². The minimum absolute atomic E-state index is 0.00555. The lowest BCUT2D eigenvalue weighted by Crippen LogP contribution is -2.32. The Labute approximate surface area is 174 Å². The summed E-state index contributed by atoms with van der Waals surface area (Å²) in [5.74, 6) is 0.0158. The van der Waals surface area contributed by atoms with Gasteiger partial charge in [-0.05, 0) is 55.3 Å². The van der Waals surface area contributed by atoms with E-state index in [0.29, 0.717) is 21.5 Å². The standard InChI is InChI=1S/C19H20Cl2N2O4S/c20-17-10-5-14(11-18(17)21)22-19(24)12-27-15-6-8-16(9-7-15)28(25,26)23-13-3-1-2-4-13/h5-11,13,23H,1-4,12H2,(H,22,24). The fraction of sp³-hybridized carbons (Fsp3) is 0.316. The number of hydrogen-bond donors (Lipinski definition) is 2. The van der Waals surface area contributed by atoms with Crippen molar-refractivity contribution in [3.8, 4) is 5.75 Å². The van der Waals surface area contributed by atoms with Crippen LogP contribution in [-0.2, 0) is 14.8 Å². The van der Waals surface area contributed by atoms with Gasteiger partial charge in [-0.25, -0.2) is 13.1 Å². The number of halogens is 2. The molecule has 0 atom stereocenters. The van der Waals surface area contributed by atoms with E-state index in [4.69, 9.17) is 27.9 Å². The van der Waals surface area contributed by atoms with E-state index < -0.39 is 10.0 Å². The lowest BCUT2D eigenvalue weighted by atomic mass is 10.3. The van der Waals surface area contributed by atoms with Crippen LogP contribution in [0.4, 0.5) is 5.69 Å². The number of nitrogens with one attached hydrogen (secondary N) is 2. The molecule has 0 spiro atoms. The van der Waals surface area contributed by atoms with Crippen molar-refractivity contribution in [1.29, 1.82) is 0 Å². The molecule has 150 valence electrons. The van der Waals surface area contributed by atoms with Gasteiger partial charge in [0.15, 0.2) is 6.61 Å². The van der Waals surface area contributed by atoms with Gasteiger partial charge in [-0.1, -0.05) is 36.0 Å². The normalized spacial score (nSPS) is 14.8. The molecule has 0 aliphatic heterocycles. The van der Waals surface area contributed by atoms with Crippen LogP contribution in [0.5, 0.6) is 5.75 Å². The topological polar surface area (TPSA) is 84.5 Å². The Bertz CT molecular complexity index is 943. The number of benzene rings is 2. The van der Waals surface area contributed by atoms with Gasteiger partial charge in [0, 0.05) is 11.7 Å². The third-order valence-electron chi connectivity index (χ3n) is 4.38. The first kappa shape index (κ1) is 20.9. The number of hydrogen-bond acceptors (Lipinski definition) is 4. The summed E-state index contributed by atoms with van der Waals surface area (Å²) in [6.45, 7) is -0.229. The van der Waals surface area contributed by atoms with Crippen molar-refractivity contribution in [1.82, 2.24) is 4.72 Å². The number of ether oxygens (including phenoxy) is 1. The van der Waals surface area contributed by atoms with Crippen molar-refractivity contribution in [2.45, 2.75) is 36.6 Å². The molecule has 0 unspecified atom stereocenters. The summed E-state index contributed by atoms with van der Waals surface area (Å²) in [7, 11) is -3.55. The van der Waals surface area contributed by atoms with Gasteiger partial charge in [0.25, 0.3) is 5.91 Å². The summed E-state index contributed by atoms with van der Waals surface area (Å²) >= 11 is 11.7. The monoisotopic (exact) mass is 442 g/mol. The average molecular weight is 443 g/mol. The molecule has 1 saturated carbocycles. The van der Waals surface area contributed by atoms with Crippen LogP contribution in [0.3, 0.4) is 0 Å². The quantitative estimate of drug-likeness (QED) is 0.671. The number of anilines is 1. The van der Waals surface area contributed by atoms with E-state index in [-0.39, 0.29) is 23.5 Å². The molecule has 2 aromatic rings. The van der Waals surface area contributed by atoms with E-state index in [0.717, 1.165) is 25.7 Å². The largest absolute Gasteiger partial charge is 0.484 e. The molecular weight excluding hydrogens is 423 g/mol. The molecule has 0 heterocycles. The van der Waals surface area contributed by atoms with Crippen molar-refractivity contribution < 1.29 is 17.9 Å². The Hall–Kier alpha value is -1.80. The highest BCUT2D eigenvalue weighted by molar-refractivity contribution is 7.89. The number of carbonyl (C=O) groups is 1. The molecule has 1 amide bonds. The van der Waals surface area contributed by atoms with Crippen LogP contribution in [-0.4, -0.2) is 27.0 Å². The molecule has 2 N–H and O–H groups in total. The van der Waals surface area contributed by atoms with Gasteiger partial charge < -0.3 is 10.1 Å². The van der Waals surface area contributed by atoms with E-state index in [9.17, 15) is 13.2 Å². The summed E-state index contributed by atoms with van der Waals surface area (Å²) < 4.78 is 32.9. The maximum absolute atomic E-state index is 12.4. The number of carbonyl (C=O) groups excluding carboxylic acids is 1. The van der Waals surface area contributed by atoms with E-state index in [1.165, 1.54) is 24.3 Å². The van der Waals surface area contributed by atoms with Crippen LogP contribution < -0.4 is 14.8 Å². The average Bonchev–Trinajstić information content (AvgIpc) is 3.16. The highest BCUT2D eigenvalue weighted by Gasteiger charge is 2.22. The molecule has 9 heteroatoms. The molecule has 0 radical (unpaired) electrons. The van der Waals surface area contributed by atoms with Crippen LogP contribution >= 0.6 is 23.2 Å². The zero-order valence-corrected chi connectivity index (χ0v) is 17.3. The molecule has 0 saturated heterocycles. The van der Waals surface area contributed by atoms with E-state index in [1.807, 2.05) is 0 Å². The Morgan fingerprint density at radius 2 is 1.71 bits per heavy atom. The van der Waals surface area contributed by atoms with Crippen LogP contribution in [0.2, 0.25) is 10.0 Å². The Kier molecular flexibility index (Phi) is 6.82. The summed E-state index contributed by atoms with van der Waals surface area (Å²) in [6.07, 6.45) is 3.83. The first-order valence-corrected chi connectivity index (χ1v) is 11.1. The van der Waals surface area contributed by atoms with Gasteiger partial charge in [-0.3, -0.25) is 4.79 Å². The van der Waals surface area contributed by atoms with E-state index in [2.05, 4.69) is 10.0 Å². The Morgan fingerprint density at radius 3 is 2.36 bits per heavy atom. The summed E-state index contributed by atoms with van der Waals surface area (Å²) in [4.78, 5) is 12.2. The summed E-state index contributed by atoms with van der Waals surface area (Å²) in [5, 5.41) is 3.38. The maximum atomic E-state index is 12.4. The van der Waals surface area contributed by atoms with Gasteiger partial charge in [-0.2, -0.15) is 0 Å². The number of amides is 1. The molecule has 3 rings (SSSR count). The zero-order valence-electron chi connectivity index (χ0n) is 15.0. The highest BCUT2D eigenvalue weighted by atomic mass is 35.5. The summed E-state index contributed by atoms with van der Waals surface area (Å²) in [5.41, 5.74) is 0.502. The molecule has 28 heavy (non-hydrogen) atoms. The van der Waals surface area contributed by atoms with Crippen LogP contribution in [0.15, 0.2) is 47.4 Å². The summed E-state index contributed by atoms with van der Waals surface area (Å²) in [6, 6.07) is 10.7. The van der Waals surface area contributed by atoms with E-state index in [1.54, 1.807) is 18.2 Å². The molecule has 1 aliphatic carbocycles. The second-order valence-corrected chi connectivity index (χ2v) is 9.07. The van der Waals surface area contributed by atoms with Gasteiger partial charge in [-0.15, -0.1) is 0 Å². The van der Waals surface area contributed by atoms with Crippen molar-refractivity contribution in [3.63, 3.8) is 0 Å². The molecule has 1 aliphatic rings. The van der Waals surface area contributed by atoms with Crippen molar-refractivity contribution in [2.75, 3.05) is 11.9 Å². The number of rotatable bonds is 7. The van der Waals surface area contributed by atoms with Crippen LogP contribution in [0.25, 0.3) is 0 Å². The maximum Gasteiger partial charge on any atom is 0.262 e. The van der Waals surface area contributed by atoms with E-state index >= 15 is 0 Å². The van der Waals surface area contributed by atoms with Crippen molar-refractivity contribution >= 4 is 44.8 Å². The van der Waals surface area contributed by atoms with Crippen molar-refractivity contribution in [2.24, 2.45) is 0 Å². The minimum Gasteiger partial charge on any atom is -0.484 e. The van der Waals surface area contributed by atoms with Gasteiger partial charge in [0.2, 0.25) is 10.0 Å². The van der Waals surface area contributed by atoms with Gasteiger partial charge >= 0.3 is 0 Å². The zero-order chi connectivity index (χ0) is 20.1. The Morgan fingerprint density at radius 1 is 1.04 bits per heavy atom. The predicted octanol–water partition coefficient (Wildman–Crippen LogP) is 4.23. The highest BCUT2D eigenvalue weighted by Crippen LogP contribution is 2.25. The predicted molar refractivity (Wildman–Crippen MR) is 110 cm³/mol. The third-order valence-corrected chi connectivity index (χ3v) is 6.66. The first-order valence-electron chi connectivity index (χ1n) is 8.83. The lowest BCUT2D eigenvalue weighted by molar-refractivity contribution is -0.118. The van der Waals surface area contributed by atoms with Crippen LogP contribution in [0.1, 0.15) is 25.7 Å². The second-order valence-electron chi connectivity index (χ2n) is 6.54. The molecule has 6 nitrogen and oxygen atoms in total. The third kappa shape index (κ3) is 5.61. The molecule has 0 bridgehead atoms. The SMILES string of the molecule is O=C(COc1ccc(S(=O)(=O)NC2CCCC2)cc1)Nc1ccc(Cl)c(Cl)c1. The smallest absolute Gasteiger partial charge is 0.262 e. The Balaban J connectivity index is 1.53. The molecule has 1 fully saturated rings. The molecular formula is C19H20Cl2N2O4S.